The summed E-state index contributed by atoms with van der Waals surface area (Å²) in [6.45, 7) is 2.69. The van der Waals surface area contributed by atoms with Gasteiger partial charge >= 0.3 is 24.4 Å². The maximum atomic E-state index is 13.6. The first-order valence-electron chi connectivity index (χ1n) is 16.9. The van der Waals surface area contributed by atoms with Crippen LogP contribution in [-0.4, -0.2) is 92.8 Å². The molecule has 0 aliphatic carbocycles. The number of alkyl halides is 5. The van der Waals surface area contributed by atoms with Crippen molar-refractivity contribution < 1.29 is 65.6 Å². The second-order valence-corrected chi connectivity index (χ2v) is 12.8. The molecule has 2 N–H and O–H groups in total. The van der Waals surface area contributed by atoms with Crippen molar-refractivity contribution in [3.8, 4) is 23.1 Å². The zero-order chi connectivity index (χ0) is 41.2. The number of ether oxygens (including phenoxy) is 3. The number of piperazine rings is 1. The summed E-state index contributed by atoms with van der Waals surface area (Å²) in [4.78, 5) is 54.1. The summed E-state index contributed by atoms with van der Waals surface area (Å²) < 4.78 is 82.2. The third-order valence-electron chi connectivity index (χ3n) is 9.04. The zero-order valence-corrected chi connectivity index (χ0v) is 30.0. The Kier molecular flexibility index (Phi) is 11.0. The van der Waals surface area contributed by atoms with Crippen LogP contribution in [0.1, 0.15) is 32.0 Å². The predicted octanol–water partition coefficient (Wildman–Crippen LogP) is 6.10. The average molecular weight is 798 g/mol. The van der Waals surface area contributed by atoms with Gasteiger partial charge in [0.1, 0.15) is 11.4 Å². The Morgan fingerprint density at radius 1 is 0.860 bits per heavy atom. The maximum absolute atomic E-state index is 13.6. The van der Waals surface area contributed by atoms with E-state index < -0.39 is 35.9 Å². The number of pyridine rings is 1. The van der Waals surface area contributed by atoms with Gasteiger partial charge in [0.25, 0.3) is 11.8 Å². The highest BCUT2D eigenvalue weighted by Crippen LogP contribution is 2.41. The van der Waals surface area contributed by atoms with Gasteiger partial charge in [-0.25, -0.2) is 14.6 Å². The molecule has 7 rings (SSSR count). The van der Waals surface area contributed by atoms with Crippen LogP contribution in [0.2, 0.25) is 0 Å². The molecule has 2 amide bonds. The first-order valence-corrected chi connectivity index (χ1v) is 16.9. The number of aromatic nitrogens is 2. The molecule has 3 aromatic carbocycles. The number of anilines is 1. The third kappa shape index (κ3) is 9.21. The molecule has 0 radical (unpaired) electrons. The molecule has 0 unspecified atom stereocenters. The lowest BCUT2D eigenvalue weighted by atomic mass is 10.1. The molecule has 19 heteroatoms. The van der Waals surface area contributed by atoms with Crippen LogP contribution in [0, 0.1) is 0 Å². The number of amides is 2. The molecule has 1 saturated heterocycles. The SMILES string of the molecule is CN(C(=O)c1ccc(C(F)(F)F)cc1)c1ccc(Oc2ccc3c(c2)cc(C(=O)N2CCN(Cc4ccc5c(c4)OC(F)(F)O5)CC2)n3C)nc1.O=C(O)C(=O)O. The molecular formula is C38H32F5N5O9. The van der Waals surface area contributed by atoms with Crippen LogP contribution >= 0.6 is 0 Å². The topological polar surface area (TPSA) is 164 Å². The van der Waals surface area contributed by atoms with Gasteiger partial charge < -0.3 is 38.8 Å². The average Bonchev–Trinajstić information content (AvgIpc) is 3.67. The second-order valence-electron chi connectivity index (χ2n) is 12.8. The lowest BCUT2D eigenvalue weighted by Gasteiger charge is -2.34. The van der Waals surface area contributed by atoms with Gasteiger partial charge in [-0.3, -0.25) is 14.5 Å². The van der Waals surface area contributed by atoms with Crippen molar-refractivity contribution in [2.75, 3.05) is 38.1 Å². The van der Waals surface area contributed by atoms with Crippen LogP contribution in [0.5, 0.6) is 23.1 Å². The van der Waals surface area contributed by atoms with E-state index in [1.54, 1.807) is 47.4 Å². The molecule has 298 valence electrons. The molecule has 14 nitrogen and oxygen atoms in total. The Labute approximate surface area is 319 Å². The Morgan fingerprint density at radius 3 is 2.14 bits per heavy atom. The number of carbonyl (C=O) groups is 4. The molecule has 5 aromatic rings. The van der Waals surface area contributed by atoms with Gasteiger partial charge in [-0.2, -0.15) is 13.2 Å². The van der Waals surface area contributed by atoms with Crippen molar-refractivity contribution in [1.29, 1.82) is 0 Å². The predicted molar refractivity (Wildman–Crippen MR) is 191 cm³/mol. The van der Waals surface area contributed by atoms with E-state index in [0.717, 1.165) is 40.7 Å². The Balaban J connectivity index is 0.000000850. The quantitative estimate of drug-likeness (QED) is 0.145. The van der Waals surface area contributed by atoms with E-state index >= 15 is 0 Å². The molecule has 0 spiro atoms. The van der Waals surface area contributed by atoms with E-state index in [-0.39, 0.29) is 28.8 Å². The number of carboxylic acids is 2. The highest BCUT2D eigenvalue weighted by atomic mass is 19.4. The number of rotatable bonds is 7. The molecule has 57 heavy (non-hydrogen) atoms. The summed E-state index contributed by atoms with van der Waals surface area (Å²) >= 11 is 0. The minimum absolute atomic E-state index is 0.0000272. The van der Waals surface area contributed by atoms with Gasteiger partial charge in [0, 0.05) is 69.4 Å². The molecule has 2 aliphatic heterocycles. The van der Waals surface area contributed by atoms with E-state index in [4.69, 9.17) is 24.5 Å². The van der Waals surface area contributed by atoms with Crippen LogP contribution in [0.4, 0.5) is 27.6 Å². The smallest absolute Gasteiger partial charge is 0.473 e. The summed E-state index contributed by atoms with van der Waals surface area (Å²) in [6, 6.07) is 19.1. The number of aliphatic carboxylic acids is 2. The number of hydrogen-bond acceptors (Lipinski definition) is 9. The fourth-order valence-corrected chi connectivity index (χ4v) is 6.08. The Bertz CT molecular complexity index is 2310. The molecule has 1 fully saturated rings. The monoisotopic (exact) mass is 797 g/mol. The molecular weight excluding hydrogens is 765 g/mol. The summed E-state index contributed by atoms with van der Waals surface area (Å²) in [6.07, 6.45) is -6.74. The number of fused-ring (bicyclic) bond motifs is 2. The minimum Gasteiger partial charge on any atom is -0.473 e. The highest BCUT2D eigenvalue weighted by Gasteiger charge is 2.43. The van der Waals surface area contributed by atoms with E-state index in [1.165, 1.54) is 24.2 Å². The van der Waals surface area contributed by atoms with Crippen molar-refractivity contribution in [2.24, 2.45) is 7.05 Å². The standard InChI is InChI=1S/C36H30F5N5O5.C2H2O4/c1-43(33(47)23-4-6-25(7-5-23)35(37,38)39)26-8-12-32(42-20-26)49-27-9-10-28-24(18-27)19-29(44(28)2)34(48)46-15-13-45(14-16-46)21-22-3-11-30-31(17-22)51-36(40,41)50-30;3-1(4)2(5)6/h3-12,17-20H,13-16,21H2,1-2H3;(H,3,4)(H,5,6). The summed E-state index contributed by atoms with van der Waals surface area (Å²) in [5.74, 6) is -3.54. The summed E-state index contributed by atoms with van der Waals surface area (Å²) in [7, 11) is 3.31. The molecule has 0 atom stereocenters. The normalized spacial score (nSPS) is 14.8. The van der Waals surface area contributed by atoms with Crippen molar-refractivity contribution in [2.45, 2.75) is 19.0 Å². The van der Waals surface area contributed by atoms with E-state index in [0.29, 0.717) is 49.9 Å². The van der Waals surface area contributed by atoms with E-state index in [1.807, 2.05) is 17.7 Å². The molecule has 2 aliphatic rings. The van der Waals surface area contributed by atoms with Gasteiger partial charge in [-0.15, -0.1) is 8.78 Å². The van der Waals surface area contributed by atoms with Crippen LogP contribution in [0.15, 0.2) is 85.1 Å². The van der Waals surface area contributed by atoms with E-state index in [9.17, 15) is 31.5 Å². The van der Waals surface area contributed by atoms with Crippen molar-refractivity contribution in [3.05, 3.63) is 107 Å². The lowest BCUT2D eigenvalue weighted by molar-refractivity contribution is -0.286. The van der Waals surface area contributed by atoms with Gasteiger partial charge in [0.15, 0.2) is 11.5 Å². The number of nitrogens with zero attached hydrogens (tertiary/aromatic N) is 5. The third-order valence-corrected chi connectivity index (χ3v) is 9.04. The maximum Gasteiger partial charge on any atom is 0.586 e. The van der Waals surface area contributed by atoms with Gasteiger partial charge in [0.05, 0.1) is 17.4 Å². The fraction of sp³-hybridized carbons (Fsp3) is 0.237. The Morgan fingerprint density at radius 2 is 1.53 bits per heavy atom. The van der Waals surface area contributed by atoms with Crippen LogP contribution < -0.4 is 19.1 Å². The minimum atomic E-state index is -4.50. The first-order chi connectivity index (χ1) is 26.9. The molecule has 4 heterocycles. The molecule has 0 bridgehead atoms. The highest BCUT2D eigenvalue weighted by molar-refractivity contribution is 6.27. The zero-order valence-electron chi connectivity index (χ0n) is 30.0. The van der Waals surface area contributed by atoms with E-state index in [2.05, 4.69) is 19.4 Å². The number of carboxylic acid groups (broad SMARTS) is 2. The molecule has 0 saturated carbocycles. The van der Waals surface area contributed by atoms with Gasteiger partial charge in [-0.1, -0.05) is 6.07 Å². The van der Waals surface area contributed by atoms with Gasteiger partial charge in [0.2, 0.25) is 5.88 Å². The first kappa shape index (κ1) is 39.9. The van der Waals surface area contributed by atoms with Crippen molar-refractivity contribution in [1.82, 2.24) is 19.4 Å². The van der Waals surface area contributed by atoms with Crippen molar-refractivity contribution >= 4 is 40.3 Å². The number of halogens is 5. The second kappa shape index (κ2) is 15.8. The molecule has 2 aromatic heterocycles. The fourth-order valence-electron chi connectivity index (χ4n) is 6.08. The lowest BCUT2D eigenvalue weighted by Crippen LogP contribution is -2.48. The van der Waals surface area contributed by atoms with Crippen LogP contribution in [-0.2, 0) is 29.4 Å². The van der Waals surface area contributed by atoms with Crippen LogP contribution in [0.3, 0.4) is 0 Å². The van der Waals surface area contributed by atoms with Crippen molar-refractivity contribution in [3.63, 3.8) is 0 Å². The number of carbonyl (C=O) groups excluding carboxylic acids is 2. The Hall–Kier alpha value is -6.76. The summed E-state index contributed by atoms with van der Waals surface area (Å²) in [5.41, 5.74) is 1.80. The van der Waals surface area contributed by atoms with Gasteiger partial charge in [-0.05, 0) is 72.3 Å². The summed E-state index contributed by atoms with van der Waals surface area (Å²) in [5, 5.41) is 15.6. The largest absolute Gasteiger partial charge is 0.586 e. The van der Waals surface area contributed by atoms with Crippen LogP contribution in [0.25, 0.3) is 10.9 Å². The number of hydrogen-bond donors (Lipinski definition) is 2. The number of benzene rings is 3. The number of aryl methyl sites for hydroxylation is 1.